The summed E-state index contributed by atoms with van der Waals surface area (Å²) < 4.78 is 32.4. The maximum Gasteiger partial charge on any atom is 0.494 e. The molecule has 1 saturated heterocycles. The van der Waals surface area contributed by atoms with Gasteiger partial charge in [-0.3, -0.25) is 9.59 Å². The van der Waals surface area contributed by atoms with Gasteiger partial charge in [0.2, 0.25) is 5.88 Å². The van der Waals surface area contributed by atoms with Crippen LogP contribution in [0.3, 0.4) is 0 Å². The molecule has 5 rings (SSSR count). The monoisotopic (exact) mass is 580 g/mol. The molecule has 2 fully saturated rings. The molecule has 1 aliphatic carbocycles. The number of aromatic nitrogens is 2. The first kappa shape index (κ1) is 29.2. The molecule has 0 spiro atoms. The summed E-state index contributed by atoms with van der Waals surface area (Å²) in [5.41, 5.74) is 0.186. The zero-order chi connectivity index (χ0) is 29.4. The van der Waals surface area contributed by atoms with Crippen molar-refractivity contribution in [1.29, 1.82) is 0 Å². The van der Waals surface area contributed by atoms with Crippen LogP contribution in [0.4, 0.5) is 4.39 Å². The summed E-state index contributed by atoms with van der Waals surface area (Å²) in [6, 6.07) is 8.16. The number of carbonyl (C=O) groups is 2. The predicted molar refractivity (Wildman–Crippen MR) is 154 cm³/mol. The number of hydrogen-bond acceptors (Lipinski definition) is 8. The fourth-order valence-electron chi connectivity index (χ4n) is 4.86. The summed E-state index contributed by atoms with van der Waals surface area (Å²) in [6.45, 7) is 9.77. The Labute approximate surface area is 243 Å². The van der Waals surface area contributed by atoms with Crippen molar-refractivity contribution in [3.8, 4) is 11.6 Å². The molecule has 9 nitrogen and oxygen atoms in total. The van der Waals surface area contributed by atoms with E-state index in [0.717, 1.165) is 22.7 Å². The molecule has 2 aliphatic rings. The van der Waals surface area contributed by atoms with E-state index in [0.29, 0.717) is 37.1 Å². The zero-order valence-electron chi connectivity index (χ0n) is 23.8. The summed E-state index contributed by atoms with van der Waals surface area (Å²) >= 11 is 1.44. The summed E-state index contributed by atoms with van der Waals surface area (Å²) in [5, 5.41) is 8.60. The Morgan fingerprint density at radius 2 is 1.66 bits per heavy atom. The predicted octanol–water partition coefficient (Wildman–Crippen LogP) is 4.55. The fraction of sp³-hybridized carbons (Fsp3) is 0.448. The van der Waals surface area contributed by atoms with Gasteiger partial charge in [0.15, 0.2) is 0 Å². The molecule has 2 aromatic heterocycles. The highest BCUT2D eigenvalue weighted by molar-refractivity contribution is 7.09. The van der Waals surface area contributed by atoms with E-state index < -0.39 is 30.0 Å². The highest BCUT2D eigenvalue weighted by Crippen LogP contribution is 2.37. The quantitative estimate of drug-likeness (QED) is 0.395. The van der Waals surface area contributed by atoms with Crippen LogP contribution in [-0.2, 0) is 9.31 Å². The van der Waals surface area contributed by atoms with Crippen molar-refractivity contribution < 1.29 is 28.0 Å². The van der Waals surface area contributed by atoms with Crippen LogP contribution in [0.5, 0.6) is 11.6 Å². The Morgan fingerprint density at radius 1 is 1.02 bits per heavy atom. The van der Waals surface area contributed by atoms with E-state index in [1.807, 2.05) is 40.7 Å². The minimum atomic E-state index is -0.642. The Morgan fingerprint density at radius 3 is 2.27 bits per heavy atom. The van der Waals surface area contributed by atoms with Crippen LogP contribution in [-0.4, -0.2) is 52.2 Å². The third-order valence-electron chi connectivity index (χ3n) is 7.91. The van der Waals surface area contributed by atoms with Crippen molar-refractivity contribution in [2.75, 3.05) is 0 Å². The van der Waals surface area contributed by atoms with Crippen molar-refractivity contribution in [1.82, 2.24) is 20.6 Å². The van der Waals surface area contributed by atoms with Crippen LogP contribution in [0.25, 0.3) is 0 Å². The largest absolute Gasteiger partial charge is 0.494 e. The molecule has 0 atom stereocenters. The second-order valence-electron chi connectivity index (χ2n) is 11.5. The molecule has 0 bridgehead atoms. The second kappa shape index (κ2) is 11.5. The van der Waals surface area contributed by atoms with Crippen molar-refractivity contribution in [2.24, 2.45) is 0 Å². The number of benzene rings is 1. The number of pyridine rings is 1. The van der Waals surface area contributed by atoms with Crippen LogP contribution in [0, 0.1) is 12.7 Å². The zero-order valence-corrected chi connectivity index (χ0v) is 24.6. The second-order valence-corrected chi connectivity index (χ2v) is 12.6. The van der Waals surface area contributed by atoms with Crippen LogP contribution in [0.1, 0.15) is 79.2 Å². The fourth-order valence-corrected chi connectivity index (χ4v) is 5.45. The Hall–Kier alpha value is -3.35. The number of carbonyl (C=O) groups excluding carboxylic acids is 2. The van der Waals surface area contributed by atoms with Crippen molar-refractivity contribution >= 4 is 35.7 Å². The lowest BCUT2D eigenvalue weighted by Gasteiger charge is -2.32. The number of thiazole rings is 1. The first-order valence-electron chi connectivity index (χ1n) is 13.7. The normalized spacial score (nSPS) is 21.4. The number of nitrogens with zero attached hydrogens (tertiary/aromatic N) is 2. The van der Waals surface area contributed by atoms with Crippen LogP contribution in [0.2, 0.25) is 0 Å². The van der Waals surface area contributed by atoms with Gasteiger partial charge in [-0.25, -0.2) is 14.4 Å². The standard InChI is InChI=1S/C29H34BFN4O5S/c1-17-33-24(16-41-17)26(37)35-21-11-9-20(10-12-21)34-25(36)23-14-19(31)15-32-27(23)38-22-8-6-7-18(13-22)30-39-28(2,3)29(4,5)40-30/h6-8,13-16,20-21H,9-12H2,1-5H3,(H,34,36)(H,35,37). The number of nitrogens with one attached hydrogen (secondary N) is 2. The van der Waals surface area contributed by atoms with Gasteiger partial charge in [-0.05, 0) is 84.0 Å². The number of hydrogen-bond donors (Lipinski definition) is 2. The lowest BCUT2D eigenvalue weighted by atomic mass is 9.79. The van der Waals surface area contributed by atoms with E-state index in [1.54, 1.807) is 23.6 Å². The molecular weight excluding hydrogens is 546 g/mol. The van der Waals surface area contributed by atoms with Crippen molar-refractivity contribution in [3.63, 3.8) is 0 Å². The van der Waals surface area contributed by atoms with E-state index >= 15 is 0 Å². The van der Waals surface area contributed by atoms with Gasteiger partial charge >= 0.3 is 7.12 Å². The lowest BCUT2D eigenvalue weighted by molar-refractivity contribution is 0.00578. The van der Waals surface area contributed by atoms with Crippen LogP contribution in [0.15, 0.2) is 41.9 Å². The smallest absolute Gasteiger partial charge is 0.438 e. The molecule has 1 saturated carbocycles. The van der Waals surface area contributed by atoms with Gasteiger partial charge < -0.3 is 24.7 Å². The number of rotatable bonds is 7. The van der Waals surface area contributed by atoms with E-state index in [1.165, 1.54) is 11.3 Å². The van der Waals surface area contributed by atoms with Crippen LogP contribution < -0.4 is 20.8 Å². The van der Waals surface area contributed by atoms with Gasteiger partial charge in [0.1, 0.15) is 22.8 Å². The van der Waals surface area contributed by atoms with Gasteiger partial charge in [0, 0.05) is 17.5 Å². The molecule has 0 unspecified atom stereocenters. The first-order chi connectivity index (χ1) is 19.4. The summed E-state index contributed by atoms with van der Waals surface area (Å²) in [4.78, 5) is 34.0. The highest BCUT2D eigenvalue weighted by Gasteiger charge is 2.51. The van der Waals surface area contributed by atoms with E-state index in [-0.39, 0.29) is 29.4 Å². The maximum atomic E-state index is 14.2. The van der Waals surface area contributed by atoms with E-state index in [2.05, 4.69) is 20.6 Å². The molecular formula is C29H34BFN4O5S. The van der Waals surface area contributed by atoms with Crippen LogP contribution >= 0.6 is 11.3 Å². The lowest BCUT2D eigenvalue weighted by Crippen LogP contribution is -2.44. The molecule has 0 radical (unpaired) electrons. The SMILES string of the molecule is Cc1nc(C(=O)NC2CCC(NC(=O)c3cc(F)cnc3Oc3cccc(B4OC(C)(C)C(C)(C)O4)c3)CC2)cs1. The minimum absolute atomic E-state index is 0.000337. The molecule has 216 valence electrons. The van der Waals surface area contributed by atoms with E-state index in [9.17, 15) is 14.0 Å². The van der Waals surface area contributed by atoms with Gasteiger partial charge in [-0.1, -0.05) is 12.1 Å². The van der Waals surface area contributed by atoms with Gasteiger partial charge in [-0.15, -0.1) is 11.3 Å². The third kappa shape index (κ3) is 6.60. The Kier molecular flexibility index (Phi) is 8.18. The molecule has 3 aromatic rings. The van der Waals surface area contributed by atoms with Crippen molar-refractivity contribution in [2.45, 2.75) is 83.6 Å². The Balaban J connectivity index is 1.21. The van der Waals surface area contributed by atoms with Crippen molar-refractivity contribution in [3.05, 3.63) is 64.0 Å². The average Bonchev–Trinajstić information content (AvgIpc) is 3.45. The number of ether oxygens (including phenoxy) is 1. The van der Waals surface area contributed by atoms with Gasteiger partial charge in [0.25, 0.3) is 11.8 Å². The molecule has 3 heterocycles. The number of aryl methyl sites for hydroxylation is 1. The van der Waals surface area contributed by atoms with Gasteiger partial charge in [-0.2, -0.15) is 0 Å². The Bertz CT molecular complexity index is 1420. The minimum Gasteiger partial charge on any atom is -0.438 e. The van der Waals surface area contributed by atoms with Gasteiger partial charge in [0.05, 0.1) is 22.4 Å². The van der Waals surface area contributed by atoms with E-state index in [4.69, 9.17) is 14.0 Å². The summed E-state index contributed by atoms with van der Waals surface area (Å²) in [5.74, 6) is -0.889. The topological polar surface area (TPSA) is 112 Å². The molecule has 41 heavy (non-hydrogen) atoms. The average molecular weight is 580 g/mol. The molecule has 1 aromatic carbocycles. The molecule has 12 heteroatoms. The summed E-state index contributed by atoms with van der Waals surface area (Å²) in [6.07, 6.45) is 3.76. The first-order valence-corrected chi connectivity index (χ1v) is 14.6. The molecule has 2 amide bonds. The maximum absolute atomic E-state index is 14.2. The molecule has 2 N–H and O–H groups in total. The number of halogens is 1. The summed E-state index contributed by atoms with van der Waals surface area (Å²) in [7, 11) is -0.585. The highest BCUT2D eigenvalue weighted by atomic mass is 32.1. The third-order valence-corrected chi connectivity index (χ3v) is 8.68. The number of amides is 2. The molecule has 1 aliphatic heterocycles.